The number of hydrogen-bond acceptors (Lipinski definition) is 2. The van der Waals surface area contributed by atoms with Gasteiger partial charge in [-0.2, -0.15) is 0 Å². The van der Waals surface area contributed by atoms with Crippen LogP contribution in [-0.2, 0) is 12.8 Å². The Balaban J connectivity index is 2.32. The molecule has 0 saturated carbocycles. The average Bonchev–Trinajstić information content (AvgIpc) is 2.28. The van der Waals surface area contributed by atoms with Crippen molar-refractivity contribution in [1.82, 2.24) is 5.32 Å². The number of rotatable bonds is 3. The van der Waals surface area contributed by atoms with Crippen molar-refractivity contribution in [2.45, 2.75) is 19.3 Å². The number of aryl methyl sites for hydroxylation is 1. The Labute approximate surface area is 89.4 Å². The number of nitrogens with one attached hydrogen (secondary N) is 1. The van der Waals surface area contributed by atoms with Crippen molar-refractivity contribution >= 4 is 0 Å². The molecule has 0 fully saturated rings. The van der Waals surface area contributed by atoms with Crippen LogP contribution in [0.15, 0.2) is 12.1 Å². The first-order valence-electron chi connectivity index (χ1n) is 5.40. The molecule has 1 aliphatic heterocycles. The van der Waals surface area contributed by atoms with Crippen molar-refractivity contribution in [2.24, 2.45) is 0 Å². The summed E-state index contributed by atoms with van der Waals surface area (Å²) in [6.45, 7) is 1.49. The second-order valence-corrected chi connectivity index (χ2v) is 3.82. The van der Waals surface area contributed by atoms with E-state index in [-0.39, 0.29) is 5.82 Å². The van der Waals surface area contributed by atoms with Crippen LogP contribution < -0.4 is 10.1 Å². The van der Waals surface area contributed by atoms with E-state index in [1.165, 1.54) is 0 Å². The second kappa shape index (κ2) is 4.62. The van der Waals surface area contributed by atoms with E-state index in [1.54, 1.807) is 6.07 Å². The minimum absolute atomic E-state index is 0.147. The Hall–Kier alpha value is -1.09. The van der Waals surface area contributed by atoms with Crippen molar-refractivity contribution in [1.29, 1.82) is 0 Å². The van der Waals surface area contributed by atoms with Gasteiger partial charge in [-0.25, -0.2) is 4.39 Å². The zero-order chi connectivity index (χ0) is 10.7. The molecule has 1 aromatic carbocycles. The molecule has 0 saturated heterocycles. The lowest BCUT2D eigenvalue weighted by Gasteiger charge is -2.20. The van der Waals surface area contributed by atoms with Crippen molar-refractivity contribution in [2.75, 3.05) is 20.2 Å². The SMILES string of the molecule is CNCCc1c(F)ccc2c1OCCC2. The van der Waals surface area contributed by atoms with Crippen LogP contribution in [0.5, 0.6) is 5.75 Å². The van der Waals surface area contributed by atoms with Crippen LogP contribution in [0, 0.1) is 5.82 Å². The summed E-state index contributed by atoms with van der Waals surface area (Å²) in [5.74, 6) is 0.641. The summed E-state index contributed by atoms with van der Waals surface area (Å²) in [6.07, 6.45) is 2.72. The molecule has 0 aromatic heterocycles. The van der Waals surface area contributed by atoms with E-state index in [2.05, 4.69) is 5.32 Å². The molecule has 0 unspecified atom stereocenters. The zero-order valence-corrected chi connectivity index (χ0v) is 8.98. The van der Waals surface area contributed by atoms with Crippen molar-refractivity contribution in [3.8, 4) is 5.75 Å². The highest BCUT2D eigenvalue weighted by atomic mass is 19.1. The lowest BCUT2D eigenvalue weighted by Crippen LogP contribution is -2.16. The van der Waals surface area contributed by atoms with E-state index < -0.39 is 0 Å². The molecule has 1 aromatic rings. The molecule has 2 rings (SSSR count). The Kier molecular flexibility index (Phi) is 3.21. The summed E-state index contributed by atoms with van der Waals surface area (Å²) in [5, 5.41) is 3.03. The smallest absolute Gasteiger partial charge is 0.130 e. The maximum atomic E-state index is 13.6. The minimum Gasteiger partial charge on any atom is -0.493 e. The fraction of sp³-hybridized carbons (Fsp3) is 0.500. The van der Waals surface area contributed by atoms with E-state index >= 15 is 0 Å². The summed E-state index contributed by atoms with van der Waals surface area (Å²) in [5.41, 5.74) is 1.87. The van der Waals surface area contributed by atoms with E-state index in [1.807, 2.05) is 13.1 Å². The summed E-state index contributed by atoms with van der Waals surface area (Å²) in [4.78, 5) is 0. The molecule has 82 valence electrons. The molecule has 15 heavy (non-hydrogen) atoms. The van der Waals surface area contributed by atoms with Gasteiger partial charge in [0, 0.05) is 5.56 Å². The second-order valence-electron chi connectivity index (χ2n) is 3.82. The summed E-state index contributed by atoms with van der Waals surface area (Å²) < 4.78 is 19.2. The Morgan fingerprint density at radius 3 is 3.13 bits per heavy atom. The molecule has 3 heteroatoms. The third kappa shape index (κ3) is 2.12. The molecule has 0 amide bonds. The minimum atomic E-state index is -0.147. The van der Waals surface area contributed by atoms with Gasteiger partial charge in [-0.3, -0.25) is 0 Å². The Morgan fingerprint density at radius 1 is 1.47 bits per heavy atom. The standard InChI is InChI=1S/C12H16FNO/c1-14-7-6-10-11(13)5-4-9-3-2-8-15-12(9)10/h4-5,14H,2-3,6-8H2,1H3. The van der Waals surface area contributed by atoms with Crippen LogP contribution in [0.2, 0.25) is 0 Å². The Bertz CT molecular complexity index is 352. The molecule has 0 radical (unpaired) electrons. The fourth-order valence-corrected chi connectivity index (χ4v) is 1.95. The third-order valence-electron chi connectivity index (χ3n) is 2.75. The number of ether oxygens (including phenoxy) is 1. The zero-order valence-electron chi connectivity index (χ0n) is 8.98. The largest absolute Gasteiger partial charge is 0.493 e. The van der Waals surface area contributed by atoms with Gasteiger partial charge in [0.1, 0.15) is 11.6 Å². The van der Waals surface area contributed by atoms with Crippen LogP contribution in [0.1, 0.15) is 17.5 Å². The van der Waals surface area contributed by atoms with Crippen LogP contribution >= 0.6 is 0 Å². The van der Waals surface area contributed by atoms with Gasteiger partial charge in [-0.1, -0.05) is 6.07 Å². The molecule has 0 aliphatic carbocycles. The first kappa shape index (κ1) is 10.4. The maximum absolute atomic E-state index is 13.6. The van der Waals surface area contributed by atoms with Crippen molar-refractivity contribution in [3.05, 3.63) is 29.1 Å². The first-order valence-corrected chi connectivity index (χ1v) is 5.40. The molecule has 1 aliphatic rings. The van der Waals surface area contributed by atoms with Crippen LogP contribution in [0.25, 0.3) is 0 Å². The van der Waals surface area contributed by atoms with Crippen LogP contribution in [-0.4, -0.2) is 20.2 Å². The number of fused-ring (bicyclic) bond motifs is 1. The summed E-state index contributed by atoms with van der Waals surface area (Å²) in [6, 6.07) is 3.39. The normalized spacial score (nSPS) is 14.5. The van der Waals surface area contributed by atoms with E-state index in [0.717, 1.165) is 36.3 Å². The lowest BCUT2D eigenvalue weighted by atomic mass is 10.00. The molecule has 0 atom stereocenters. The monoisotopic (exact) mass is 209 g/mol. The molecule has 0 spiro atoms. The van der Waals surface area contributed by atoms with E-state index in [0.29, 0.717) is 13.0 Å². The van der Waals surface area contributed by atoms with E-state index in [9.17, 15) is 4.39 Å². The van der Waals surface area contributed by atoms with Gasteiger partial charge >= 0.3 is 0 Å². The van der Waals surface area contributed by atoms with Crippen LogP contribution in [0.3, 0.4) is 0 Å². The number of halogens is 1. The van der Waals surface area contributed by atoms with Gasteiger partial charge in [0.05, 0.1) is 6.61 Å². The highest BCUT2D eigenvalue weighted by molar-refractivity contribution is 5.43. The fourth-order valence-electron chi connectivity index (χ4n) is 1.95. The predicted molar refractivity (Wildman–Crippen MR) is 57.8 cm³/mol. The topological polar surface area (TPSA) is 21.3 Å². The van der Waals surface area contributed by atoms with Gasteiger partial charge in [0.15, 0.2) is 0 Å². The van der Waals surface area contributed by atoms with Gasteiger partial charge in [0.2, 0.25) is 0 Å². The molecule has 1 N–H and O–H groups in total. The molecular formula is C12H16FNO. The third-order valence-corrected chi connectivity index (χ3v) is 2.75. The lowest BCUT2D eigenvalue weighted by molar-refractivity contribution is 0.283. The van der Waals surface area contributed by atoms with E-state index in [4.69, 9.17) is 4.74 Å². The number of likely N-dealkylation sites (N-methyl/N-ethyl adjacent to an activating group) is 1. The summed E-state index contributed by atoms with van der Waals surface area (Å²) >= 11 is 0. The first-order chi connectivity index (χ1) is 7.33. The molecule has 0 bridgehead atoms. The quantitative estimate of drug-likeness (QED) is 0.821. The maximum Gasteiger partial charge on any atom is 0.130 e. The predicted octanol–water partition coefficient (Wildman–Crippen LogP) is 1.91. The number of hydrogen-bond donors (Lipinski definition) is 1. The number of benzene rings is 1. The average molecular weight is 209 g/mol. The molecular weight excluding hydrogens is 193 g/mol. The highest BCUT2D eigenvalue weighted by Gasteiger charge is 2.17. The molecule has 2 nitrogen and oxygen atoms in total. The Morgan fingerprint density at radius 2 is 2.33 bits per heavy atom. The van der Waals surface area contributed by atoms with Crippen LogP contribution in [0.4, 0.5) is 4.39 Å². The van der Waals surface area contributed by atoms with Crippen molar-refractivity contribution in [3.63, 3.8) is 0 Å². The van der Waals surface area contributed by atoms with Gasteiger partial charge in [-0.15, -0.1) is 0 Å². The van der Waals surface area contributed by atoms with Gasteiger partial charge < -0.3 is 10.1 Å². The van der Waals surface area contributed by atoms with Crippen molar-refractivity contribution < 1.29 is 9.13 Å². The van der Waals surface area contributed by atoms with Gasteiger partial charge in [-0.05, 0) is 44.5 Å². The summed E-state index contributed by atoms with van der Waals surface area (Å²) in [7, 11) is 1.87. The van der Waals surface area contributed by atoms with Gasteiger partial charge in [0.25, 0.3) is 0 Å². The highest BCUT2D eigenvalue weighted by Crippen LogP contribution is 2.31. The molecule has 1 heterocycles.